The van der Waals surface area contributed by atoms with Gasteiger partial charge in [-0.25, -0.2) is 0 Å². The van der Waals surface area contributed by atoms with E-state index in [1.165, 1.54) is 6.20 Å². The molecule has 1 amide bonds. The summed E-state index contributed by atoms with van der Waals surface area (Å²) in [6, 6.07) is 6.74. The minimum absolute atomic E-state index is 0.0388. The molecule has 34 heavy (non-hydrogen) atoms. The lowest BCUT2D eigenvalue weighted by Gasteiger charge is -2.37. The van der Waals surface area contributed by atoms with Gasteiger partial charge in [0.15, 0.2) is 0 Å². The topological polar surface area (TPSA) is 64.6 Å². The first-order chi connectivity index (χ1) is 16.3. The molecule has 4 rings (SSSR count). The van der Waals surface area contributed by atoms with Gasteiger partial charge in [0.1, 0.15) is 5.69 Å². The number of likely N-dealkylation sites (tertiary alicyclic amines) is 1. The predicted molar refractivity (Wildman–Crippen MR) is 125 cm³/mol. The van der Waals surface area contributed by atoms with Crippen LogP contribution in [0.2, 0.25) is 0 Å². The first kappa shape index (κ1) is 24.3. The molecule has 1 N–H and O–H groups in total. The van der Waals surface area contributed by atoms with Gasteiger partial charge >= 0.3 is 6.18 Å². The molecular weight excluding hydrogens is 445 g/mol. The number of piperidine rings is 1. The molecule has 0 spiro atoms. The van der Waals surface area contributed by atoms with Crippen LogP contribution in [0.1, 0.15) is 30.7 Å². The minimum Gasteiger partial charge on any atom is -0.382 e. The Kier molecular flexibility index (Phi) is 7.55. The van der Waals surface area contributed by atoms with Crippen LogP contribution in [0.25, 0.3) is 0 Å². The van der Waals surface area contributed by atoms with Crippen LogP contribution in [0.15, 0.2) is 36.7 Å². The number of aromatic nitrogens is 2. The zero-order valence-corrected chi connectivity index (χ0v) is 19.4. The number of hydrogen-bond acceptors (Lipinski definition) is 6. The summed E-state index contributed by atoms with van der Waals surface area (Å²) in [5.41, 5.74) is 1.65. The fraction of sp³-hybridized carbons (Fsp3) is 0.542. The number of nitrogens with one attached hydrogen (secondary N) is 1. The van der Waals surface area contributed by atoms with Crippen molar-refractivity contribution in [3.8, 4) is 0 Å². The average Bonchev–Trinajstić information content (AvgIpc) is 2.83. The molecule has 2 saturated heterocycles. The van der Waals surface area contributed by atoms with Crippen LogP contribution < -0.4 is 10.2 Å². The molecule has 0 bridgehead atoms. The van der Waals surface area contributed by atoms with E-state index in [2.05, 4.69) is 31.2 Å². The maximum Gasteiger partial charge on any atom is 0.433 e. The molecule has 0 unspecified atom stereocenters. The molecule has 0 saturated carbocycles. The van der Waals surface area contributed by atoms with Crippen molar-refractivity contribution in [2.24, 2.45) is 0 Å². The SMILES string of the molecule is Cc1ccc(N2CCN(CCC(=O)N3CCC(Nc4ccnc(C(F)(F)F)c4)CC3)CC2)cn1. The van der Waals surface area contributed by atoms with Gasteiger partial charge in [0, 0.05) is 75.9 Å². The van der Waals surface area contributed by atoms with Crippen LogP contribution >= 0.6 is 0 Å². The fourth-order valence-corrected chi connectivity index (χ4v) is 4.47. The minimum atomic E-state index is -4.46. The van der Waals surface area contributed by atoms with E-state index < -0.39 is 11.9 Å². The third-order valence-corrected chi connectivity index (χ3v) is 6.54. The van der Waals surface area contributed by atoms with E-state index in [-0.39, 0.29) is 11.9 Å². The van der Waals surface area contributed by atoms with Crippen molar-refractivity contribution in [3.63, 3.8) is 0 Å². The van der Waals surface area contributed by atoms with Crippen molar-refractivity contribution in [3.05, 3.63) is 48.0 Å². The summed E-state index contributed by atoms with van der Waals surface area (Å²) in [4.78, 5) is 27.0. The highest BCUT2D eigenvalue weighted by Gasteiger charge is 2.33. The van der Waals surface area contributed by atoms with Gasteiger partial charge in [-0.05, 0) is 44.0 Å². The largest absolute Gasteiger partial charge is 0.433 e. The Balaban J connectivity index is 1.16. The first-order valence-electron chi connectivity index (χ1n) is 11.8. The van der Waals surface area contributed by atoms with Crippen molar-refractivity contribution in [1.29, 1.82) is 0 Å². The number of carbonyl (C=O) groups is 1. The number of rotatable bonds is 6. The Hall–Kier alpha value is -2.88. The van der Waals surface area contributed by atoms with Crippen molar-refractivity contribution in [1.82, 2.24) is 19.8 Å². The monoisotopic (exact) mass is 476 g/mol. The van der Waals surface area contributed by atoms with E-state index in [9.17, 15) is 18.0 Å². The Morgan fingerprint density at radius 3 is 2.44 bits per heavy atom. The summed E-state index contributed by atoms with van der Waals surface area (Å²) in [5, 5.41) is 3.16. The van der Waals surface area contributed by atoms with Crippen molar-refractivity contribution >= 4 is 17.3 Å². The third kappa shape index (κ3) is 6.37. The zero-order chi connectivity index (χ0) is 24.1. The number of alkyl halides is 3. The molecule has 7 nitrogen and oxygen atoms in total. The highest BCUT2D eigenvalue weighted by molar-refractivity contribution is 5.76. The Labute approximate surface area is 198 Å². The van der Waals surface area contributed by atoms with Crippen LogP contribution in [-0.4, -0.2) is 77.5 Å². The fourth-order valence-electron chi connectivity index (χ4n) is 4.47. The van der Waals surface area contributed by atoms with Crippen LogP contribution in [0.4, 0.5) is 24.5 Å². The second kappa shape index (κ2) is 10.6. The number of aryl methyl sites for hydroxylation is 1. The highest BCUT2D eigenvalue weighted by Crippen LogP contribution is 2.29. The van der Waals surface area contributed by atoms with Crippen molar-refractivity contribution in [2.75, 3.05) is 56.0 Å². The normalized spacial score (nSPS) is 18.2. The molecule has 184 valence electrons. The number of hydrogen-bond donors (Lipinski definition) is 1. The standard InChI is InChI=1S/C24H31F3N6O/c1-18-2-3-21(17-29-18)32-14-12-31(13-15-32)9-7-23(34)33-10-5-19(6-11-33)30-20-4-8-28-22(16-20)24(25,26)27/h2-4,8,16-17,19H,5-7,9-15H2,1H3,(H,28,30). The van der Waals surface area contributed by atoms with Gasteiger partial charge in [-0.15, -0.1) is 0 Å². The Bertz CT molecular complexity index is 952. The predicted octanol–water partition coefficient (Wildman–Crippen LogP) is 3.42. The molecule has 4 heterocycles. The number of halogens is 3. The molecule has 0 atom stereocenters. The number of amides is 1. The zero-order valence-electron chi connectivity index (χ0n) is 19.4. The van der Waals surface area contributed by atoms with E-state index in [0.717, 1.165) is 50.2 Å². The second-order valence-corrected chi connectivity index (χ2v) is 8.96. The smallest absolute Gasteiger partial charge is 0.382 e. The van der Waals surface area contributed by atoms with Gasteiger partial charge in [-0.2, -0.15) is 13.2 Å². The number of piperazine rings is 1. The van der Waals surface area contributed by atoms with Gasteiger partial charge in [0.25, 0.3) is 0 Å². The van der Waals surface area contributed by atoms with Gasteiger partial charge in [-0.3, -0.25) is 19.7 Å². The molecule has 0 aliphatic carbocycles. The van der Waals surface area contributed by atoms with Gasteiger partial charge < -0.3 is 15.1 Å². The summed E-state index contributed by atoms with van der Waals surface area (Å²) in [7, 11) is 0. The number of carbonyl (C=O) groups excluding carboxylic acids is 1. The van der Waals surface area contributed by atoms with Gasteiger partial charge in [0.05, 0.1) is 11.9 Å². The van der Waals surface area contributed by atoms with Crippen LogP contribution in [0.3, 0.4) is 0 Å². The van der Waals surface area contributed by atoms with Gasteiger partial charge in [-0.1, -0.05) is 0 Å². The summed E-state index contributed by atoms with van der Waals surface area (Å²) >= 11 is 0. The molecule has 2 aliphatic heterocycles. The molecule has 10 heteroatoms. The summed E-state index contributed by atoms with van der Waals surface area (Å²) in [6.45, 7) is 7.62. The van der Waals surface area contributed by atoms with E-state index in [0.29, 0.717) is 38.0 Å². The molecule has 2 aromatic rings. The van der Waals surface area contributed by atoms with Crippen molar-refractivity contribution in [2.45, 2.75) is 38.4 Å². The second-order valence-electron chi connectivity index (χ2n) is 8.96. The number of nitrogens with zero attached hydrogens (tertiary/aromatic N) is 5. The van der Waals surface area contributed by atoms with Crippen LogP contribution in [0.5, 0.6) is 0 Å². The maximum absolute atomic E-state index is 12.9. The summed E-state index contributed by atoms with van der Waals surface area (Å²) in [5.74, 6) is 0.145. The number of anilines is 2. The van der Waals surface area contributed by atoms with Crippen molar-refractivity contribution < 1.29 is 18.0 Å². The van der Waals surface area contributed by atoms with Crippen LogP contribution in [-0.2, 0) is 11.0 Å². The molecular formula is C24H31F3N6O. The summed E-state index contributed by atoms with van der Waals surface area (Å²) < 4.78 is 38.6. The molecule has 2 fully saturated rings. The Morgan fingerprint density at radius 1 is 1.06 bits per heavy atom. The first-order valence-corrected chi connectivity index (χ1v) is 11.8. The van der Waals surface area contributed by atoms with E-state index in [1.807, 2.05) is 24.1 Å². The summed E-state index contributed by atoms with van der Waals surface area (Å²) in [6.07, 6.45) is 0.525. The lowest BCUT2D eigenvalue weighted by atomic mass is 10.0. The maximum atomic E-state index is 12.9. The average molecular weight is 477 g/mol. The van der Waals surface area contributed by atoms with E-state index >= 15 is 0 Å². The number of pyridine rings is 2. The molecule has 2 aromatic heterocycles. The van der Waals surface area contributed by atoms with Gasteiger partial charge in [0.2, 0.25) is 5.91 Å². The highest BCUT2D eigenvalue weighted by atomic mass is 19.4. The molecule has 2 aliphatic rings. The van der Waals surface area contributed by atoms with E-state index in [1.54, 1.807) is 6.07 Å². The molecule has 0 radical (unpaired) electrons. The Morgan fingerprint density at radius 2 is 1.79 bits per heavy atom. The quantitative estimate of drug-likeness (QED) is 0.690. The lowest BCUT2D eigenvalue weighted by molar-refractivity contribution is -0.141. The molecule has 0 aromatic carbocycles. The van der Waals surface area contributed by atoms with E-state index in [4.69, 9.17) is 0 Å². The van der Waals surface area contributed by atoms with Crippen LogP contribution in [0, 0.1) is 6.92 Å². The lowest BCUT2D eigenvalue weighted by Crippen LogP contribution is -2.48. The third-order valence-electron chi connectivity index (χ3n) is 6.54.